The molecular weight excluding hydrogens is 280 g/mol. The molecule has 0 radical (unpaired) electrons. The van der Waals surface area contributed by atoms with E-state index in [1.54, 1.807) is 0 Å². The van der Waals surface area contributed by atoms with Crippen LogP contribution in [0.15, 0.2) is 29.3 Å². The van der Waals surface area contributed by atoms with Crippen LogP contribution in [0.1, 0.15) is 10.4 Å². The van der Waals surface area contributed by atoms with Crippen molar-refractivity contribution in [2.24, 2.45) is 0 Å². The van der Waals surface area contributed by atoms with E-state index in [9.17, 15) is 13.6 Å². The summed E-state index contributed by atoms with van der Waals surface area (Å²) in [5.41, 5.74) is -0.549. The average molecular weight is 290 g/mol. The Morgan fingerprint density at radius 3 is 2.44 bits per heavy atom. The van der Waals surface area contributed by atoms with Crippen LogP contribution in [0.5, 0.6) is 0 Å². The zero-order chi connectivity index (χ0) is 12.3. The van der Waals surface area contributed by atoms with Crippen molar-refractivity contribution in [1.82, 2.24) is 4.90 Å². The number of carbonyl (C=O) groups excluding carboxylic acids is 1. The zero-order valence-electron chi connectivity index (χ0n) is 8.64. The predicted molar refractivity (Wildman–Crippen MR) is 61.2 cm³/mol. The molecule has 0 spiro atoms. The number of carbonyl (C=O) groups is 1. The Hall–Kier alpha value is -1.23. The van der Waals surface area contributed by atoms with Crippen molar-refractivity contribution in [3.63, 3.8) is 0 Å². The van der Waals surface area contributed by atoms with Gasteiger partial charge >= 0.3 is 0 Å². The van der Waals surface area contributed by atoms with Crippen molar-refractivity contribution in [1.29, 1.82) is 0 Å². The largest absolute Gasteiger partial charge is 0.338 e. The first-order valence-electron chi connectivity index (χ1n) is 4.48. The van der Waals surface area contributed by atoms with Gasteiger partial charge in [0.2, 0.25) is 0 Å². The van der Waals surface area contributed by atoms with Gasteiger partial charge < -0.3 is 4.90 Å². The Kier molecular flexibility index (Phi) is 4.18. The van der Waals surface area contributed by atoms with Crippen LogP contribution >= 0.6 is 15.9 Å². The molecule has 1 aromatic rings. The molecule has 0 saturated heterocycles. The molecule has 0 aliphatic carbocycles. The van der Waals surface area contributed by atoms with Gasteiger partial charge in [-0.3, -0.25) is 4.79 Å². The molecule has 16 heavy (non-hydrogen) atoms. The fraction of sp³-hybridized carbons (Fsp3) is 0.182. The molecule has 0 fully saturated rings. The van der Waals surface area contributed by atoms with Crippen molar-refractivity contribution in [3.05, 3.63) is 46.5 Å². The van der Waals surface area contributed by atoms with E-state index in [2.05, 4.69) is 22.5 Å². The topological polar surface area (TPSA) is 20.3 Å². The Labute approximate surface area is 101 Å². The summed E-state index contributed by atoms with van der Waals surface area (Å²) in [4.78, 5) is 12.9. The lowest BCUT2D eigenvalue weighted by molar-refractivity contribution is 0.0800. The third kappa shape index (κ3) is 2.66. The monoisotopic (exact) mass is 289 g/mol. The van der Waals surface area contributed by atoms with Gasteiger partial charge in [-0.25, -0.2) is 8.78 Å². The van der Waals surface area contributed by atoms with Crippen molar-refractivity contribution in [2.45, 2.75) is 0 Å². The number of hydrogen-bond donors (Lipinski definition) is 0. The van der Waals surface area contributed by atoms with E-state index >= 15 is 0 Å². The molecule has 1 aromatic carbocycles. The van der Waals surface area contributed by atoms with Crippen LogP contribution in [0, 0.1) is 11.6 Å². The van der Waals surface area contributed by atoms with Crippen LogP contribution in [0.25, 0.3) is 0 Å². The molecule has 0 bridgehead atoms. The normalized spacial score (nSPS) is 10.0. The van der Waals surface area contributed by atoms with Gasteiger partial charge in [0, 0.05) is 18.1 Å². The van der Waals surface area contributed by atoms with Crippen LogP contribution < -0.4 is 0 Å². The summed E-state index contributed by atoms with van der Waals surface area (Å²) in [7, 11) is 1.45. The van der Waals surface area contributed by atoms with E-state index in [1.165, 1.54) is 18.0 Å². The minimum absolute atomic E-state index is 0.230. The molecule has 1 rings (SSSR count). The number of likely N-dealkylation sites (N-methyl/N-ethyl adjacent to an activating group) is 1. The molecule has 0 aliphatic heterocycles. The molecule has 0 heterocycles. The van der Waals surface area contributed by atoms with Crippen LogP contribution in [-0.4, -0.2) is 24.4 Å². The molecule has 0 unspecified atom stereocenters. The molecule has 0 atom stereocenters. The fourth-order valence-electron chi connectivity index (χ4n) is 1.21. The molecule has 1 amide bonds. The van der Waals surface area contributed by atoms with Crippen molar-refractivity contribution in [3.8, 4) is 0 Å². The van der Waals surface area contributed by atoms with Crippen molar-refractivity contribution in [2.75, 3.05) is 13.6 Å². The summed E-state index contributed by atoms with van der Waals surface area (Å²) < 4.78 is 27.1. The van der Waals surface area contributed by atoms with E-state index in [1.807, 2.05) is 0 Å². The Morgan fingerprint density at radius 2 is 2.00 bits per heavy atom. The number of hydrogen-bond acceptors (Lipinski definition) is 1. The zero-order valence-corrected chi connectivity index (χ0v) is 10.2. The van der Waals surface area contributed by atoms with Gasteiger partial charge in [0.05, 0.1) is 0 Å². The van der Waals surface area contributed by atoms with E-state index < -0.39 is 23.1 Å². The second-order valence-electron chi connectivity index (χ2n) is 3.22. The Balaban J connectivity index is 3.13. The van der Waals surface area contributed by atoms with Gasteiger partial charge in [0.15, 0.2) is 0 Å². The van der Waals surface area contributed by atoms with E-state index in [0.29, 0.717) is 0 Å². The minimum Gasteiger partial charge on any atom is -0.338 e. The van der Waals surface area contributed by atoms with Gasteiger partial charge in [0.1, 0.15) is 17.2 Å². The smallest absolute Gasteiger partial charge is 0.259 e. The number of benzene rings is 1. The summed E-state index contributed by atoms with van der Waals surface area (Å²) >= 11 is 2.94. The summed E-state index contributed by atoms with van der Waals surface area (Å²) in [6.07, 6.45) is 1.48. The summed E-state index contributed by atoms with van der Waals surface area (Å²) in [6.45, 7) is 3.68. The summed E-state index contributed by atoms with van der Waals surface area (Å²) in [5, 5.41) is 0. The third-order valence-corrected chi connectivity index (χ3v) is 2.43. The van der Waals surface area contributed by atoms with Gasteiger partial charge in [-0.1, -0.05) is 22.0 Å². The highest BCUT2D eigenvalue weighted by molar-refractivity contribution is 9.10. The molecule has 0 N–H and O–H groups in total. The van der Waals surface area contributed by atoms with Crippen LogP contribution in [0.3, 0.4) is 0 Å². The second-order valence-corrected chi connectivity index (χ2v) is 4.13. The fourth-order valence-corrected chi connectivity index (χ4v) is 1.62. The number of nitrogens with zero attached hydrogens (tertiary/aromatic N) is 1. The first kappa shape index (κ1) is 12.8. The molecule has 5 heteroatoms. The molecule has 0 aromatic heterocycles. The van der Waals surface area contributed by atoms with Crippen LogP contribution in [0.4, 0.5) is 8.78 Å². The Bertz CT molecular complexity index is 411. The quantitative estimate of drug-likeness (QED) is 0.784. The first-order valence-corrected chi connectivity index (χ1v) is 5.27. The van der Waals surface area contributed by atoms with E-state index in [0.717, 1.165) is 12.1 Å². The molecule has 0 aliphatic rings. The summed E-state index contributed by atoms with van der Waals surface area (Å²) in [5.74, 6) is -2.47. The third-order valence-electron chi connectivity index (χ3n) is 1.97. The van der Waals surface area contributed by atoms with Gasteiger partial charge in [0.25, 0.3) is 5.91 Å². The van der Waals surface area contributed by atoms with Gasteiger partial charge in [-0.2, -0.15) is 0 Å². The van der Waals surface area contributed by atoms with Crippen LogP contribution in [0.2, 0.25) is 0 Å². The number of rotatable bonds is 3. The Morgan fingerprint density at radius 1 is 1.50 bits per heavy atom. The average Bonchev–Trinajstić information content (AvgIpc) is 2.16. The number of halogens is 3. The highest BCUT2D eigenvalue weighted by Gasteiger charge is 2.20. The lowest BCUT2D eigenvalue weighted by Crippen LogP contribution is -2.28. The maximum Gasteiger partial charge on any atom is 0.259 e. The maximum absolute atomic E-state index is 13.4. The summed E-state index contributed by atoms with van der Waals surface area (Å²) in [6, 6.07) is 2.11. The second kappa shape index (κ2) is 5.21. The molecule has 2 nitrogen and oxygen atoms in total. The minimum atomic E-state index is -0.882. The predicted octanol–water partition coefficient (Wildman–Crippen LogP) is 2.99. The standard InChI is InChI=1S/C11H10BrF2NO/c1-3-4-15(2)11(16)10-8(13)5-7(12)6-9(10)14/h3,5-6H,1,4H2,2H3. The van der Waals surface area contributed by atoms with Gasteiger partial charge in [-0.05, 0) is 12.1 Å². The first-order chi connectivity index (χ1) is 7.47. The molecule has 86 valence electrons. The number of amides is 1. The highest BCUT2D eigenvalue weighted by atomic mass is 79.9. The maximum atomic E-state index is 13.4. The highest BCUT2D eigenvalue weighted by Crippen LogP contribution is 2.20. The van der Waals surface area contributed by atoms with E-state index in [4.69, 9.17) is 0 Å². The van der Waals surface area contributed by atoms with Gasteiger partial charge in [-0.15, -0.1) is 6.58 Å². The van der Waals surface area contributed by atoms with Crippen molar-refractivity contribution < 1.29 is 13.6 Å². The molecule has 0 saturated carbocycles. The molecular formula is C11H10BrF2NO. The van der Waals surface area contributed by atoms with E-state index in [-0.39, 0.29) is 11.0 Å². The SMILES string of the molecule is C=CCN(C)C(=O)c1c(F)cc(Br)cc1F. The van der Waals surface area contributed by atoms with Crippen molar-refractivity contribution >= 4 is 21.8 Å². The van der Waals surface area contributed by atoms with Crippen LogP contribution in [-0.2, 0) is 0 Å². The lowest BCUT2D eigenvalue weighted by atomic mass is 10.1. The lowest BCUT2D eigenvalue weighted by Gasteiger charge is -2.15.